The number of hydrogen-bond acceptors (Lipinski definition) is 6. The summed E-state index contributed by atoms with van der Waals surface area (Å²) >= 11 is 0. The highest BCUT2D eigenvalue weighted by molar-refractivity contribution is 5.76. The Kier molecular flexibility index (Phi) is 7.79. The second-order valence-corrected chi connectivity index (χ2v) is 11.3. The number of aromatic nitrogens is 6. The first-order valence-corrected chi connectivity index (χ1v) is 15.7. The maximum absolute atomic E-state index is 5.06. The minimum Gasteiger partial charge on any atom is -0.253 e. The summed E-state index contributed by atoms with van der Waals surface area (Å²) in [4.78, 5) is 29.5. The van der Waals surface area contributed by atoms with E-state index in [1.807, 2.05) is 109 Å². The summed E-state index contributed by atoms with van der Waals surface area (Å²) in [7, 11) is 0. The lowest BCUT2D eigenvalue weighted by Crippen LogP contribution is -2.03. The van der Waals surface area contributed by atoms with Crippen molar-refractivity contribution in [3.05, 3.63) is 170 Å². The first-order chi connectivity index (χ1) is 23.8. The predicted molar refractivity (Wildman–Crippen MR) is 191 cm³/mol. The lowest BCUT2D eigenvalue weighted by molar-refractivity contribution is 1.04. The third-order valence-electron chi connectivity index (χ3n) is 8.05. The molecule has 0 saturated heterocycles. The Morgan fingerprint density at radius 2 is 0.604 bits per heavy atom. The van der Waals surface area contributed by atoms with Crippen molar-refractivity contribution in [2.24, 2.45) is 0 Å². The molecule has 0 aliphatic carbocycles. The van der Waals surface area contributed by atoms with Crippen molar-refractivity contribution >= 4 is 0 Å². The van der Waals surface area contributed by atoms with E-state index in [1.54, 1.807) is 12.4 Å². The van der Waals surface area contributed by atoms with Gasteiger partial charge in [-0.15, -0.1) is 0 Å². The largest absolute Gasteiger partial charge is 0.253 e. The summed E-state index contributed by atoms with van der Waals surface area (Å²) in [5.41, 5.74) is 9.95. The third kappa shape index (κ3) is 6.10. The van der Waals surface area contributed by atoms with Gasteiger partial charge in [0.1, 0.15) is 11.4 Å². The SMILES string of the molecule is c1ccc(-c2ccnc(-c3nc(-c4cc(-c5ccccc5)nc(-c5ccccc5)c4)nc(-c4cc(-c5ccccc5)ccn4)n3)c2)cc1. The molecule has 6 heteroatoms. The van der Waals surface area contributed by atoms with Gasteiger partial charge in [-0.25, -0.2) is 19.9 Å². The van der Waals surface area contributed by atoms with Gasteiger partial charge in [0.25, 0.3) is 0 Å². The van der Waals surface area contributed by atoms with E-state index in [2.05, 4.69) is 48.5 Å². The molecule has 0 fully saturated rings. The van der Waals surface area contributed by atoms with Crippen LogP contribution in [0.15, 0.2) is 170 Å². The van der Waals surface area contributed by atoms with Crippen LogP contribution in [0.5, 0.6) is 0 Å². The Balaban J connectivity index is 1.33. The second-order valence-electron chi connectivity index (χ2n) is 11.3. The summed E-state index contributed by atoms with van der Waals surface area (Å²) in [5.74, 6) is 1.42. The van der Waals surface area contributed by atoms with Crippen LogP contribution in [-0.2, 0) is 0 Å². The van der Waals surface area contributed by atoms with Gasteiger partial charge in [0.05, 0.1) is 11.4 Å². The van der Waals surface area contributed by atoms with Crippen molar-refractivity contribution < 1.29 is 0 Å². The molecule has 0 radical (unpaired) electrons. The maximum atomic E-state index is 5.06. The zero-order chi connectivity index (χ0) is 32.1. The van der Waals surface area contributed by atoms with Crippen molar-refractivity contribution in [1.82, 2.24) is 29.9 Å². The van der Waals surface area contributed by atoms with Gasteiger partial charge in [-0.2, -0.15) is 0 Å². The van der Waals surface area contributed by atoms with E-state index < -0.39 is 0 Å². The molecular weight excluding hydrogens is 589 g/mol. The van der Waals surface area contributed by atoms with Gasteiger partial charge in [-0.1, -0.05) is 121 Å². The molecule has 0 N–H and O–H groups in total. The van der Waals surface area contributed by atoms with Crippen LogP contribution in [0.1, 0.15) is 0 Å². The van der Waals surface area contributed by atoms with Crippen LogP contribution in [-0.4, -0.2) is 29.9 Å². The molecule has 0 amide bonds. The van der Waals surface area contributed by atoms with Crippen LogP contribution in [0.4, 0.5) is 0 Å². The standard InChI is InChI=1S/C42H28N6/c1-5-13-29(14-6-1)33-21-23-43-38(25-33)41-46-40(47-42(48-41)39-26-34(22-24-44-39)30-15-7-2-8-16-30)35-27-36(31-17-9-3-10-18-31)45-37(28-35)32-19-11-4-12-20-32/h1-28H. The Morgan fingerprint density at radius 1 is 0.250 bits per heavy atom. The fourth-order valence-corrected chi connectivity index (χ4v) is 5.63. The van der Waals surface area contributed by atoms with E-state index in [0.717, 1.165) is 50.3 Å². The number of hydrogen-bond donors (Lipinski definition) is 0. The molecule has 8 aromatic rings. The highest BCUT2D eigenvalue weighted by Crippen LogP contribution is 2.32. The van der Waals surface area contributed by atoms with Gasteiger partial charge in [-0.05, 0) is 58.7 Å². The monoisotopic (exact) mass is 616 g/mol. The van der Waals surface area contributed by atoms with Crippen molar-refractivity contribution in [2.45, 2.75) is 0 Å². The summed E-state index contributed by atoms with van der Waals surface area (Å²) in [5, 5.41) is 0. The molecule has 0 bridgehead atoms. The highest BCUT2D eigenvalue weighted by atomic mass is 15.1. The molecular formula is C42H28N6. The lowest BCUT2D eigenvalue weighted by atomic mass is 10.0. The second kappa shape index (κ2) is 13.0. The molecule has 0 atom stereocenters. The molecule has 48 heavy (non-hydrogen) atoms. The van der Waals surface area contributed by atoms with Crippen LogP contribution in [0, 0.1) is 0 Å². The van der Waals surface area contributed by atoms with Crippen molar-refractivity contribution in [2.75, 3.05) is 0 Å². The van der Waals surface area contributed by atoms with Crippen LogP contribution in [0.2, 0.25) is 0 Å². The van der Waals surface area contributed by atoms with Crippen LogP contribution < -0.4 is 0 Å². The minimum atomic E-state index is 0.457. The smallest absolute Gasteiger partial charge is 0.182 e. The van der Waals surface area contributed by atoms with Crippen LogP contribution in [0.3, 0.4) is 0 Å². The van der Waals surface area contributed by atoms with E-state index in [9.17, 15) is 0 Å². The van der Waals surface area contributed by atoms with Gasteiger partial charge < -0.3 is 0 Å². The van der Waals surface area contributed by atoms with Gasteiger partial charge >= 0.3 is 0 Å². The molecule has 226 valence electrons. The average molecular weight is 617 g/mol. The van der Waals surface area contributed by atoms with E-state index in [4.69, 9.17) is 29.9 Å². The first kappa shape index (κ1) is 28.8. The van der Waals surface area contributed by atoms with Crippen molar-refractivity contribution in [3.63, 3.8) is 0 Å². The normalized spacial score (nSPS) is 10.9. The average Bonchev–Trinajstić information content (AvgIpc) is 3.19. The fourth-order valence-electron chi connectivity index (χ4n) is 5.63. The lowest BCUT2D eigenvalue weighted by Gasteiger charge is -2.12. The molecule has 4 aromatic heterocycles. The van der Waals surface area contributed by atoms with E-state index in [1.165, 1.54) is 0 Å². The number of benzene rings is 4. The Labute approximate surface area is 278 Å². The number of pyridine rings is 3. The van der Waals surface area contributed by atoms with Gasteiger partial charge in [0, 0.05) is 29.1 Å². The summed E-state index contributed by atoms with van der Waals surface area (Å²) in [6.45, 7) is 0. The molecule has 8 rings (SSSR count). The maximum Gasteiger partial charge on any atom is 0.182 e. The Hall–Kier alpha value is -6.66. The summed E-state index contributed by atoms with van der Waals surface area (Å²) < 4.78 is 0. The summed E-state index contributed by atoms with van der Waals surface area (Å²) in [6, 6.07) is 52.8. The van der Waals surface area contributed by atoms with Crippen LogP contribution in [0.25, 0.3) is 79.2 Å². The third-order valence-corrected chi connectivity index (χ3v) is 8.05. The minimum absolute atomic E-state index is 0.457. The summed E-state index contributed by atoms with van der Waals surface area (Å²) in [6.07, 6.45) is 3.59. The number of rotatable bonds is 7. The Bertz CT molecular complexity index is 2170. The molecule has 4 heterocycles. The van der Waals surface area contributed by atoms with Crippen LogP contribution >= 0.6 is 0 Å². The molecule has 0 spiro atoms. The predicted octanol–water partition coefficient (Wildman–Crippen LogP) is 9.73. The molecule has 0 aliphatic heterocycles. The Morgan fingerprint density at radius 3 is 1.02 bits per heavy atom. The van der Waals surface area contributed by atoms with Gasteiger partial charge in [-0.3, -0.25) is 9.97 Å². The first-order valence-electron chi connectivity index (χ1n) is 15.7. The van der Waals surface area contributed by atoms with Crippen molar-refractivity contribution in [3.8, 4) is 79.2 Å². The van der Waals surface area contributed by atoms with E-state index >= 15 is 0 Å². The molecule has 4 aromatic carbocycles. The topological polar surface area (TPSA) is 77.3 Å². The fraction of sp³-hybridized carbons (Fsp3) is 0. The molecule has 0 aliphatic rings. The van der Waals surface area contributed by atoms with Gasteiger partial charge in [0.2, 0.25) is 0 Å². The molecule has 6 nitrogen and oxygen atoms in total. The van der Waals surface area contributed by atoms with E-state index in [0.29, 0.717) is 28.9 Å². The molecule has 0 unspecified atom stereocenters. The zero-order valence-electron chi connectivity index (χ0n) is 25.8. The highest BCUT2D eigenvalue weighted by Gasteiger charge is 2.17. The van der Waals surface area contributed by atoms with Crippen molar-refractivity contribution in [1.29, 1.82) is 0 Å². The molecule has 0 saturated carbocycles. The zero-order valence-corrected chi connectivity index (χ0v) is 25.8. The van der Waals surface area contributed by atoms with Gasteiger partial charge in [0.15, 0.2) is 17.5 Å². The van der Waals surface area contributed by atoms with E-state index in [-0.39, 0.29) is 0 Å². The number of nitrogens with zero attached hydrogens (tertiary/aromatic N) is 6. The quantitative estimate of drug-likeness (QED) is 0.177.